The molecule has 140 valence electrons. The summed E-state index contributed by atoms with van der Waals surface area (Å²) in [7, 11) is 0. The highest BCUT2D eigenvalue weighted by atomic mass is 19.4. The number of nitrogens with one attached hydrogen (secondary N) is 1. The lowest BCUT2D eigenvalue weighted by molar-refractivity contribution is -0.137. The van der Waals surface area contributed by atoms with Gasteiger partial charge in [-0.05, 0) is 30.2 Å². The summed E-state index contributed by atoms with van der Waals surface area (Å²) in [6.07, 6.45) is -2.15. The van der Waals surface area contributed by atoms with Crippen LogP contribution < -0.4 is 11.1 Å². The molecule has 1 aliphatic rings. The fourth-order valence-electron chi connectivity index (χ4n) is 3.03. The number of nitrogens with zero attached hydrogens (tertiary/aromatic N) is 1. The summed E-state index contributed by atoms with van der Waals surface area (Å²) in [5.74, 6) is 0.334. The van der Waals surface area contributed by atoms with Crippen molar-refractivity contribution in [1.82, 2.24) is 10.2 Å². The zero-order valence-electron chi connectivity index (χ0n) is 14.1. The smallest absolute Gasteiger partial charge is 0.416 e. The van der Waals surface area contributed by atoms with Crippen molar-refractivity contribution in [3.63, 3.8) is 0 Å². The van der Waals surface area contributed by atoms with Gasteiger partial charge in [-0.2, -0.15) is 13.2 Å². The number of likely N-dealkylation sites (tertiary alicyclic amines) is 1. The van der Waals surface area contributed by atoms with Gasteiger partial charge in [-0.15, -0.1) is 0 Å². The minimum atomic E-state index is -4.32. The Bertz CT molecular complexity index is 756. The third kappa shape index (κ3) is 4.44. The molecule has 8 heteroatoms. The van der Waals surface area contributed by atoms with Crippen LogP contribution in [-0.2, 0) is 19.3 Å². The molecular formula is C18H20F3N3O2. The number of hydrogen-bond acceptors (Lipinski definition) is 4. The van der Waals surface area contributed by atoms with Crippen molar-refractivity contribution in [3.05, 3.63) is 59.0 Å². The molecule has 1 saturated heterocycles. The van der Waals surface area contributed by atoms with Gasteiger partial charge in [0.15, 0.2) is 0 Å². The molecule has 0 saturated carbocycles. The number of benzene rings is 1. The highest BCUT2D eigenvalue weighted by Gasteiger charge is 2.30. The number of amides is 1. The topological polar surface area (TPSA) is 71.5 Å². The molecule has 1 atom stereocenters. The van der Waals surface area contributed by atoms with E-state index in [1.165, 1.54) is 18.4 Å². The molecule has 1 amide bonds. The number of nitrogens with two attached hydrogens (primary N) is 1. The van der Waals surface area contributed by atoms with E-state index in [1.807, 2.05) is 0 Å². The lowest BCUT2D eigenvalue weighted by Crippen LogP contribution is -2.36. The zero-order chi connectivity index (χ0) is 18.7. The fourth-order valence-corrected chi connectivity index (χ4v) is 3.03. The standard InChI is InChI=1S/C18H20F3N3O2/c19-18(20,21)14-3-1-12(2-4-14)9-24-6-5-15(10-24)23-17(25)13-7-16(8-22)26-11-13/h1-4,7,11,15H,5-6,8-10,22H2,(H,23,25). The first-order chi connectivity index (χ1) is 12.3. The van der Waals surface area contributed by atoms with Crippen molar-refractivity contribution in [2.45, 2.75) is 31.7 Å². The molecule has 0 spiro atoms. The third-order valence-electron chi connectivity index (χ3n) is 4.41. The van der Waals surface area contributed by atoms with Gasteiger partial charge in [-0.1, -0.05) is 12.1 Å². The first-order valence-corrected chi connectivity index (χ1v) is 8.32. The first kappa shape index (κ1) is 18.5. The highest BCUT2D eigenvalue weighted by Crippen LogP contribution is 2.29. The van der Waals surface area contributed by atoms with Crippen molar-refractivity contribution in [3.8, 4) is 0 Å². The number of carbonyl (C=O) groups excluding carboxylic acids is 1. The Labute approximate surface area is 149 Å². The van der Waals surface area contributed by atoms with E-state index in [4.69, 9.17) is 10.2 Å². The number of furan rings is 1. The number of hydrogen-bond donors (Lipinski definition) is 2. The summed E-state index contributed by atoms with van der Waals surface area (Å²) in [5, 5.41) is 2.95. The molecule has 2 aromatic rings. The van der Waals surface area contributed by atoms with Gasteiger partial charge in [0, 0.05) is 25.7 Å². The van der Waals surface area contributed by atoms with Gasteiger partial charge >= 0.3 is 6.18 Å². The van der Waals surface area contributed by atoms with Crippen LogP contribution in [0.15, 0.2) is 41.0 Å². The summed E-state index contributed by atoms with van der Waals surface area (Å²) >= 11 is 0. The summed E-state index contributed by atoms with van der Waals surface area (Å²) in [4.78, 5) is 14.3. The van der Waals surface area contributed by atoms with Crippen LogP contribution in [0.2, 0.25) is 0 Å². The second kappa shape index (κ2) is 7.51. The normalized spacial score (nSPS) is 18.2. The van der Waals surface area contributed by atoms with Crippen molar-refractivity contribution in [1.29, 1.82) is 0 Å². The van der Waals surface area contributed by atoms with Gasteiger partial charge < -0.3 is 15.5 Å². The summed E-state index contributed by atoms with van der Waals surface area (Å²) < 4.78 is 42.9. The Morgan fingerprint density at radius 1 is 1.31 bits per heavy atom. The quantitative estimate of drug-likeness (QED) is 0.853. The molecule has 26 heavy (non-hydrogen) atoms. The van der Waals surface area contributed by atoms with Gasteiger partial charge in [0.25, 0.3) is 5.91 Å². The Morgan fingerprint density at radius 2 is 2.04 bits per heavy atom. The van der Waals surface area contributed by atoms with Gasteiger partial charge in [0.05, 0.1) is 17.7 Å². The molecule has 1 aromatic carbocycles. The predicted octanol–water partition coefficient (Wildman–Crippen LogP) is 2.76. The van der Waals surface area contributed by atoms with Crippen LogP contribution in [0.1, 0.15) is 33.7 Å². The van der Waals surface area contributed by atoms with E-state index < -0.39 is 11.7 Å². The van der Waals surface area contributed by atoms with Crippen molar-refractivity contribution in [2.75, 3.05) is 13.1 Å². The molecule has 1 unspecified atom stereocenters. The van der Waals surface area contributed by atoms with Gasteiger partial charge in [0.1, 0.15) is 12.0 Å². The summed E-state index contributed by atoms with van der Waals surface area (Å²) in [6, 6.07) is 6.79. The minimum absolute atomic E-state index is 0.00632. The summed E-state index contributed by atoms with van der Waals surface area (Å²) in [6.45, 7) is 2.20. The molecule has 5 nitrogen and oxygen atoms in total. The molecule has 3 rings (SSSR count). The predicted molar refractivity (Wildman–Crippen MR) is 89.2 cm³/mol. The monoisotopic (exact) mass is 367 g/mol. The number of halogens is 3. The molecule has 3 N–H and O–H groups in total. The van der Waals surface area contributed by atoms with Crippen LogP contribution in [0.3, 0.4) is 0 Å². The second-order valence-electron chi connectivity index (χ2n) is 6.39. The third-order valence-corrected chi connectivity index (χ3v) is 4.41. The Balaban J connectivity index is 1.51. The average Bonchev–Trinajstić information content (AvgIpc) is 3.24. The maximum Gasteiger partial charge on any atom is 0.416 e. The van der Waals surface area contributed by atoms with Crippen LogP contribution in [0, 0.1) is 0 Å². The number of rotatable bonds is 5. The molecule has 2 heterocycles. The lowest BCUT2D eigenvalue weighted by atomic mass is 10.1. The molecule has 0 aliphatic carbocycles. The van der Waals surface area contributed by atoms with E-state index in [2.05, 4.69) is 10.2 Å². The first-order valence-electron chi connectivity index (χ1n) is 8.32. The second-order valence-corrected chi connectivity index (χ2v) is 6.39. The van der Waals surface area contributed by atoms with E-state index in [0.717, 1.165) is 30.7 Å². The van der Waals surface area contributed by atoms with E-state index >= 15 is 0 Å². The zero-order valence-corrected chi connectivity index (χ0v) is 14.1. The van der Waals surface area contributed by atoms with Gasteiger partial charge in [-0.25, -0.2) is 0 Å². The SMILES string of the molecule is NCc1cc(C(=O)NC2CCN(Cc3ccc(C(F)(F)F)cc3)C2)co1. The van der Waals surface area contributed by atoms with E-state index in [0.29, 0.717) is 24.4 Å². The van der Waals surface area contributed by atoms with Gasteiger partial charge in [0.2, 0.25) is 0 Å². The molecular weight excluding hydrogens is 347 g/mol. The van der Waals surface area contributed by atoms with Crippen LogP contribution in [0.4, 0.5) is 13.2 Å². The lowest BCUT2D eigenvalue weighted by Gasteiger charge is -2.17. The Kier molecular flexibility index (Phi) is 5.33. The van der Waals surface area contributed by atoms with Crippen LogP contribution >= 0.6 is 0 Å². The molecule has 0 bridgehead atoms. The Hall–Kier alpha value is -2.32. The van der Waals surface area contributed by atoms with Crippen LogP contribution in [-0.4, -0.2) is 29.9 Å². The maximum atomic E-state index is 12.6. The van der Waals surface area contributed by atoms with Crippen LogP contribution in [0.25, 0.3) is 0 Å². The minimum Gasteiger partial charge on any atom is -0.467 e. The van der Waals surface area contributed by atoms with E-state index in [1.54, 1.807) is 6.07 Å². The van der Waals surface area contributed by atoms with Crippen molar-refractivity contribution < 1.29 is 22.4 Å². The maximum absolute atomic E-state index is 12.6. The molecule has 0 radical (unpaired) electrons. The highest BCUT2D eigenvalue weighted by molar-refractivity contribution is 5.94. The fraction of sp³-hybridized carbons (Fsp3) is 0.389. The Morgan fingerprint density at radius 3 is 2.65 bits per heavy atom. The van der Waals surface area contributed by atoms with Gasteiger partial charge in [-0.3, -0.25) is 9.69 Å². The molecule has 1 fully saturated rings. The number of alkyl halides is 3. The largest absolute Gasteiger partial charge is 0.467 e. The average molecular weight is 367 g/mol. The molecule has 1 aliphatic heterocycles. The van der Waals surface area contributed by atoms with E-state index in [9.17, 15) is 18.0 Å². The molecule has 1 aromatic heterocycles. The summed E-state index contributed by atoms with van der Waals surface area (Å²) in [5.41, 5.74) is 6.06. The van der Waals surface area contributed by atoms with Crippen molar-refractivity contribution >= 4 is 5.91 Å². The van der Waals surface area contributed by atoms with Crippen LogP contribution in [0.5, 0.6) is 0 Å². The number of carbonyl (C=O) groups is 1. The van der Waals surface area contributed by atoms with Crippen molar-refractivity contribution in [2.24, 2.45) is 5.73 Å². The van der Waals surface area contributed by atoms with E-state index in [-0.39, 0.29) is 18.5 Å².